The quantitative estimate of drug-likeness (QED) is 0.0222. The van der Waals surface area contributed by atoms with Crippen molar-refractivity contribution < 1.29 is 80.2 Å². The Kier molecular flexibility index (Phi) is 62.2. The summed E-state index contributed by atoms with van der Waals surface area (Å²) in [6.45, 7) is 14.1. The highest BCUT2D eigenvalue weighted by Crippen LogP contribution is 2.45. The molecule has 0 aromatic rings. The van der Waals surface area contributed by atoms with E-state index in [1.807, 2.05) is 0 Å². The van der Waals surface area contributed by atoms with Gasteiger partial charge in [-0.25, -0.2) is 9.13 Å². The number of hydrogen-bond donors (Lipinski definition) is 3. The third kappa shape index (κ3) is 67.0. The molecule has 0 aliphatic heterocycles. The van der Waals surface area contributed by atoms with Crippen molar-refractivity contribution in [1.29, 1.82) is 0 Å². The summed E-state index contributed by atoms with van der Waals surface area (Å²) in [6, 6.07) is 0. The maximum absolute atomic E-state index is 13.0. The number of carbonyl (C=O) groups excluding carboxylic acids is 4. The average Bonchev–Trinajstić information content (AvgIpc) is 1.63. The van der Waals surface area contributed by atoms with Gasteiger partial charge in [0.25, 0.3) is 0 Å². The Morgan fingerprint density at radius 2 is 0.516 bits per heavy atom. The summed E-state index contributed by atoms with van der Waals surface area (Å²) in [5.74, 6) is 0.858. The fourth-order valence-electron chi connectivity index (χ4n) is 11.2. The van der Waals surface area contributed by atoms with Crippen LogP contribution in [0.3, 0.4) is 0 Å². The van der Waals surface area contributed by atoms with Gasteiger partial charge < -0.3 is 33.8 Å². The van der Waals surface area contributed by atoms with Crippen LogP contribution >= 0.6 is 15.6 Å². The second kappa shape index (κ2) is 63.5. The molecule has 0 saturated carbocycles. The number of aliphatic hydroxyl groups excluding tert-OH is 1. The third-order valence-corrected chi connectivity index (χ3v) is 19.3. The lowest BCUT2D eigenvalue weighted by molar-refractivity contribution is -0.161. The molecule has 0 rings (SSSR count). The van der Waals surface area contributed by atoms with Gasteiger partial charge in [0.2, 0.25) is 0 Å². The van der Waals surface area contributed by atoms with E-state index in [1.165, 1.54) is 167 Å². The molecule has 0 saturated heterocycles. The van der Waals surface area contributed by atoms with Crippen LogP contribution in [0.4, 0.5) is 0 Å². The molecule has 0 spiro atoms. The summed E-state index contributed by atoms with van der Waals surface area (Å²) in [7, 11) is -9.90. The Morgan fingerprint density at radius 3 is 0.763 bits per heavy atom. The summed E-state index contributed by atoms with van der Waals surface area (Å²) < 4.78 is 68.3. The molecule has 0 aliphatic carbocycles. The fourth-order valence-corrected chi connectivity index (χ4v) is 12.7. The molecule has 552 valence electrons. The molecular formula is C74H144O17P2. The van der Waals surface area contributed by atoms with E-state index in [1.54, 1.807) is 0 Å². The van der Waals surface area contributed by atoms with Gasteiger partial charge in [0.05, 0.1) is 26.4 Å². The number of rotatable bonds is 71. The number of hydrogen-bond acceptors (Lipinski definition) is 15. The highest BCUT2D eigenvalue weighted by Gasteiger charge is 2.30. The van der Waals surface area contributed by atoms with Gasteiger partial charge in [-0.2, -0.15) is 0 Å². The summed E-state index contributed by atoms with van der Waals surface area (Å²) >= 11 is 0. The van der Waals surface area contributed by atoms with Crippen LogP contribution < -0.4 is 0 Å². The Bertz CT molecular complexity index is 1840. The third-order valence-electron chi connectivity index (χ3n) is 17.4. The molecule has 19 heteroatoms. The van der Waals surface area contributed by atoms with Gasteiger partial charge in [-0.3, -0.25) is 37.3 Å². The van der Waals surface area contributed by atoms with Gasteiger partial charge in [0.1, 0.15) is 19.3 Å². The standard InChI is InChI=1S/C74H144O17P2/c1-9-67(8)53-45-37-28-22-18-16-14-12-10-11-13-15-17-19-23-30-40-48-56-73(78)90-69(60-85-72(77)55-47-39-31-25-27-35-43-51-65(4)5)62-88-92(80,81)86-58-68(75)59-87-93(82,83)89-63-70(91-74(79)57-49-41-33-32-36-44-52-66(6)7)61-84-71(76)54-46-38-29-24-20-21-26-34-42-50-64(2)3/h64-70,75H,9-63H2,1-8H3,(H,80,81)(H,82,83)/t67?,68?,69-,70-/m1/s1. The molecule has 0 bridgehead atoms. The second-order valence-corrected chi connectivity index (χ2v) is 31.3. The summed E-state index contributed by atoms with van der Waals surface area (Å²) in [6.07, 6.45) is 47.6. The van der Waals surface area contributed by atoms with Crippen LogP contribution in [0.25, 0.3) is 0 Å². The first-order valence-corrected chi connectivity index (χ1v) is 41.2. The van der Waals surface area contributed by atoms with Crippen LogP contribution in [0.2, 0.25) is 0 Å². The van der Waals surface area contributed by atoms with E-state index in [-0.39, 0.29) is 25.7 Å². The molecule has 4 unspecified atom stereocenters. The van der Waals surface area contributed by atoms with Crippen molar-refractivity contribution >= 4 is 39.5 Å². The molecule has 0 aromatic heterocycles. The molecule has 0 aliphatic rings. The van der Waals surface area contributed by atoms with E-state index >= 15 is 0 Å². The van der Waals surface area contributed by atoms with E-state index in [0.29, 0.717) is 37.5 Å². The zero-order chi connectivity index (χ0) is 68.9. The molecule has 6 atom stereocenters. The van der Waals surface area contributed by atoms with Crippen molar-refractivity contribution in [3.05, 3.63) is 0 Å². The van der Waals surface area contributed by atoms with E-state index in [9.17, 15) is 43.2 Å². The summed E-state index contributed by atoms with van der Waals surface area (Å²) in [5, 5.41) is 10.6. The topological polar surface area (TPSA) is 237 Å². The van der Waals surface area contributed by atoms with Crippen LogP contribution in [0.15, 0.2) is 0 Å². The van der Waals surface area contributed by atoms with Gasteiger partial charge in [-0.1, -0.05) is 319 Å². The fraction of sp³-hybridized carbons (Fsp3) is 0.946. The highest BCUT2D eigenvalue weighted by atomic mass is 31.2. The maximum Gasteiger partial charge on any atom is 0.472 e. The van der Waals surface area contributed by atoms with Crippen molar-refractivity contribution in [2.24, 2.45) is 23.7 Å². The minimum atomic E-state index is -4.95. The molecule has 3 N–H and O–H groups in total. The van der Waals surface area contributed by atoms with Crippen LogP contribution in [-0.4, -0.2) is 96.7 Å². The zero-order valence-corrected chi connectivity index (χ0v) is 62.7. The van der Waals surface area contributed by atoms with Crippen molar-refractivity contribution in [3.63, 3.8) is 0 Å². The van der Waals surface area contributed by atoms with Gasteiger partial charge >= 0.3 is 39.5 Å². The first kappa shape index (κ1) is 91.1. The second-order valence-electron chi connectivity index (χ2n) is 28.4. The number of phosphoric ester groups is 2. The average molecular weight is 1370 g/mol. The van der Waals surface area contributed by atoms with Gasteiger partial charge in [0.15, 0.2) is 12.2 Å². The largest absolute Gasteiger partial charge is 0.472 e. The molecule has 0 amide bonds. The first-order chi connectivity index (χ1) is 44.6. The number of carbonyl (C=O) groups is 4. The van der Waals surface area contributed by atoms with Crippen LogP contribution in [0.1, 0.15) is 370 Å². The van der Waals surface area contributed by atoms with Crippen molar-refractivity contribution in [3.8, 4) is 0 Å². The Labute approximate surface area is 568 Å². The molecule has 93 heavy (non-hydrogen) atoms. The van der Waals surface area contributed by atoms with Crippen LogP contribution in [0.5, 0.6) is 0 Å². The smallest absolute Gasteiger partial charge is 0.462 e. The number of phosphoric acid groups is 2. The number of aliphatic hydroxyl groups is 1. The van der Waals surface area contributed by atoms with E-state index in [0.717, 1.165) is 108 Å². The highest BCUT2D eigenvalue weighted by molar-refractivity contribution is 7.47. The molecule has 0 radical (unpaired) electrons. The minimum Gasteiger partial charge on any atom is -0.462 e. The lowest BCUT2D eigenvalue weighted by atomic mass is 9.99. The van der Waals surface area contributed by atoms with Crippen molar-refractivity contribution in [2.45, 2.75) is 388 Å². The van der Waals surface area contributed by atoms with E-state index in [2.05, 4.69) is 55.4 Å². The molecule has 0 heterocycles. The number of ether oxygens (including phenoxy) is 4. The molecule has 17 nitrogen and oxygen atoms in total. The van der Waals surface area contributed by atoms with Crippen molar-refractivity contribution in [1.82, 2.24) is 0 Å². The van der Waals surface area contributed by atoms with Crippen LogP contribution in [-0.2, 0) is 65.4 Å². The lowest BCUT2D eigenvalue weighted by Crippen LogP contribution is -2.30. The lowest BCUT2D eigenvalue weighted by Gasteiger charge is -2.21. The zero-order valence-electron chi connectivity index (χ0n) is 60.9. The predicted molar refractivity (Wildman–Crippen MR) is 377 cm³/mol. The first-order valence-electron chi connectivity index (χ1n) is 38.2. The van der Waals surface area contributed by atoms with Crippen LogP contribution in [0, 0.1) is 23.7 Å². The Morgan fingerprint density at radius 1 is 0.301 bits per heavy atom. The number of unbranched alkanes of at least 4 members (excludes halogenated alkanes) is 36. The van der Waals surface area contributed by atoms with Gasteiger partial charge in [0, 0.05) is 25.7 Å². The summed E-state index contributed by atoms with van der Waals surface area (Å²) in [5.41, 5.74) is 0. The number of esters is 4. The SMILES string of the molecule is CCC(C)CCCCCCCCCCCCCCCCCCCCC(=O)O[C@H](COC(=O)CCCCCCCCCC(C)C)COP(=O)(O)OCC(O)COP(=O)(O)OC[C@@H](COC(=O)CCCCCCCCCCCC(C)C)OC(=O)CCCCCCCCC(C)C. The van der Waals surface area contributed by atoms with E-state index < -0.39 is 97.5 Å². The van der Waals surface area contributed by atoms with E-state index in [4.69, 9.17) is 37.0 Å². The molecular weight excluding hydrogens is 1220 g/mol. The normalized spacial score (nSPS) is 14.5. The molecule has 0 aromatic carbocycles. The molecule has 0 fully saturated rings. The summed E-state index contributed by atoms with van der Waals surface area (Å²) in [4.78, 5) is 72.6. The minimum absolute atomic E-state index is 0.101. The van der Waals surface area contributed by atoms with Gasteiger partial charge in [-0.05, 0) is 49.4 Å². The maximum atomic E-state index is 13.0. The monoisotopic (exact) mass is 1370 g/mol. The van der Waals surface area contributed by atoms with Gasteiger partial charge in [-0.15, -0.1) is 0 Å². The van der Waals surface area contributed by atoms with Crippen molar-refractivity contribution in [2.75, 3.05) is 39.6 Å². The predicted octanol–water partition coefficient (Wildman–Crippen LogP) is 21.3. The Hall–Kier alpha value is -1.94. The Balaban J connectivity index is 5.14.